The lowest BCUT2D eigenvalue weighted by molar-refractivity contribution is 0.545. The molecule has 1 aromatic carbocycles. The van der Waals surface area contributed by atoms with Crippen molar-refractivity contribution >= 4 is 11.0 Å². The van der Waals surface area contributed by atoms with Gasteiger partial charge in [0.05, 0.1) is 23.9 Å². The Kier molecular flexibility index (Phi) is 2.76. The minimum absolute atomic E-state index is 0.646. The molecule has 3 aromatic rings. The largest absolute Gasteiger partial charge is 0.323 e. The maximum Gasteiger partial charge on any atom is 0.171 e. The van der Waals surface area contributed by atoms with Gasteiger partial charge in [-0.15, -0.1) is 5.10 Å². The average molecular weight is 242 g/mol. The number of tetrazole rings is 1. The minimum Gasteiger partial charge on any atom is -0.323 e. The van der Waals surface area contributed by atoms with Crippen molar-refractivity contribution in [1.29, 1.82) is 0 Å². The second kappa shape index (κ2) is 4.56. The summed E-state index contributed by atoms with van der Waals surface area (Å²) in [6.45, 7) is 3.60. The van der Waals surface area contributed by atoms with Crippen LogP contribution in [0.25, 0.3) is 11.0 Å². The first kappa shape index (κ1) is 10.9. The van der Waals surface area contributed by atoms with Crippen LogP contribution in [0.3, 0.4) is 0 Å². The lowest BCUT2D eigenvalue weighted by atomic mass is 10.3. The summed E-state index contributed by atoms with van der Waals surface area (Å²) in [5.74, 6) is 0.861. The molecule has 2 heterocycles. The topological polar surface area (TPSA) is 61.4 Å². The van der Waals surface area contributed by atoms with Crippen LogP contribution >= 0.6 is 0 Å². The molecule has 18 heavy (non-hydrogen) atoms. The number of aromatic nitrogens is 6. The van der Waals surface area contributed by atoms with Crippen LogP contribution in [0, 0.1) is 0 Å². The Hall–Kier alpha value is -2.24. The van der Waals surface area contributed by atoms with Crippen molar-refractivity contribution in [1.82, 2.24) is 29.8 Å². The first-order valence-corrected chi connectivity index (χ1v) is 6.03. The quantitative estimate of drug-likeness (QED) is 0.695. The SMILES string of the molecule is CCCn1nnnc1Cn1cnc2ccccc21. The third-order valence-corrected chi connectivity index (χ3v) is 2.88. The Morgan fingerprint density at radius 1 is 1.22 bits per heavy atom. The Labute approximate surface area is 104 Å². The van der Waals surface area contributed by atoms with Crippen LogP contribution in [0.4, 0.5) is 0 Å². The summed E-state index contributed by atoms with van der Waals surface area (Å²) < 4.78 is 3.90. The Bertz CT molecular complexity index is 653. The van der Waals surface area contributed by atoms with Gasteiger partial charge in [0, 0.05) is 6.54 Å². The highest BCUT2D eigenvalue weighted by atomic mass is 15.5. The summed E-state index contributed by atoms with van der Waals surface area (Å²) in [6, 6.07) is 8.05. The second-order valence-corrected chi connectivity index (χ2v) is 4.18. The zero-order valence-electron chi connectivity index (χ0n) is 10.2. The van der Waals surface area contributed by atoms with E-state index in [1.165, 1.54) is 0 Å². The van der Waals surface area contributed by atoms with Crippen molar-refractivity contribution in [2.75, 3.05) is 0 Å². The molecular formula is C12H14N6. The normalized spacial score (nSPS) is 11.2. The van der Waals surface area contributed by atoms with Gasteiger partial charge in [-0.1, -0.05) is 19.1 Å². The van der Waals surface area contributed by atoms with Crippen LogP contribution in [-0.2, 0) is 13.1 Å². The molecule has 0 saturated heterocycles. The van der Waals surface area contributed by atoms with Gasteiger partial charge in [0.25, 0.3) is 0 Å². The van der Waals surface area contributed by atoms with E-state index in [1.807, 2.05) is 29.2 Å². The summed E-state index contributed by atoms with van der Waals surface area (Å²) in [6.07, 6.45) is 2.85. The highest BCUT2D eigenvalue weighted by Crippen LogP contribution is 2.12. The molecule has 0 amide bonds. The number of aryl methyl sites for hydroxylation is 1. The van der Waals surface area contributed by atoms with Gasteiger partial charge in [0.15, 0.2) is 5.82 Å². The minimum atomic E-state index is 0.646. The van der Waals surface area contributed by atoms with Crippen LogP contribution in [0.1, 0.15) is 19.2 Å². The zero-order valence-corrected chi connectivity index (χ0v) is 10.2. The number of para-hydroxylation sites is 2. The predicted molar refractivity (Wildman–Crippen MR) is 66.9 cm³/mol. The molecule has 0 saturated carbocycles. The molecule has 0 unspecified atom stereocenters. The number of fused-ring (bicyclic) bond motifs is 1. The van der Waals surface area contributed by atoms with E-state index in [0.29, 0.717) is 6.54 Å². The Balaban J connectivity index is 1.94. The molecule has 2 aromatic heterocycles. The molecule has 92 valence electrons. The second-order valence-electron chi connectivity index (χ2n) is 4.18. The van der Waals surface area contributed by atoms with Crippen LogP contribution in [0.2, 0.25) is 0 Å². The zero-order chi connectivity index (χ0) is 12.4. The number of hydrogen-bond acceptors (Lipinski definition) is 4. The molecule has 0 aliphatic rings. The van der Waals surface area contributed by atoms with Gasteiger partial charge in [-0.05, 0) is 29.0 Å². The lowest BCUT2D eigenvalue weighted by Crippen LogP contribution is -2.09. The number of imidazole rings is 1. The smallest absolute Gasteiger partial charge is 0.171 e. The summed E-state index contributed by atoms with van der Waals surface area (Å²) in [5.41, 5.74) is 2.09. The van der Waals surface area contributed by atoms with E-state index in [9.17, 15) is 0 Å². The molecule has 0 bridgehead atoms. The molecule has 0 fully saturated rings. The molecular weight excluding hydrogens is 228 g/mol. The molecule has 6 heteroatoms. The van der Waals surface area contributed by atoms with Gasteiger partial charge in [-0.3, -0.25) is 0 Å². The third kappa shape index (κ3) is 1.85. The van der Waals surface area contributed by atoms with Crippen LogP contribution in [0.15, 0.2) is 30.6 Å². The van der Waals surface area contributed by atoms with Gasteiger partial charge < -0.3 is 4.57 Å². The fourth-order valence-electron chi connectivity index (χ4n) is 2.01. The van der Waals surface area contributed by atoms with Crippen molar-refractivity contribution < 1.29 is 0 Å². The van der Waals surface area contributed by atoms with Crippen molar-refractivity contribution in [3.8, 4) is 0 Å². The van der Waals surface area contributed by atoms with E-state index < -0.39 is 0 Å². The number of rotatable bonds is 4. The monoisotopic (exact) mass is 242 g/mol. The average Bonchev–Trinajstić information content (AvgIpc) is 2.99. The lowest BCUT2D eigenvalue weighted by Gasteiger charge is -2.04. The van der Waals surface area contributed by atoms with Crippen molar-refractivity contribution in [3.63, 3.8) is 0 Å². The Morgan fingerprint density at radius 2 is 2.11 bits per heavy atom. The first-order chi connectivity index (χ1) is 8.88. The van der Waals surface area contributed by atoms with Crippen LogP contribution < -0.4 is 0 Å². The predicted octanol–water partition coefficient (Wildman–Crippen LogP) is 1.48. The molecule has 3 rings (SSSR count). The maximum absolute atomic E-state index is 4.36. The molecule has 0 N–H and O–H groups in total. The molecule has 0 atom stereocenters. The fraction of sp³-hybridized carbons (Fsp3) is 0.333. The van der Waals surface area contributed by atoms with Gasteiger partial charge in [-0.25, -0.2) is 9.67 Å². The van der Waals surface area contributed by atoms with Crippen LogP contribution in [-0.4, -0.2) is 29.8 Å². The summed E-state index contributed by atoms with van der Waals surface area (Å²) in [4.78, 5) is 4.36. The number of hydrogen-bond donors (Lipinski definition) is 0. The summed E-state index contributed by atoms with van der Waals surface area (Å²) >= 11 is 0. The van der Waals surface area contributed by atoms with Crippen molar-refractivity contribution in [3.05, 3.63) is 36.4 Å². The summed E-state index contributed by atoms with van der Waals surface area (Å²) in [7, 11) is 0. The van der Waals surface area contributed by atoms with E-state index in [2.05, 4.69) is 38.1 Å². The van der Waals surface area contributed by atoms with Gasteiger partial charge >= 0.3 is 0 Å². The molecule has 6 nitrogen and oxygen atoms in total. The molecule has 0 radical (unpaired) electrons. The molecule has 0 spiro atoms. The first-order valence-electron chi connectivity index (χ1n) is 6.03. The van der Waals surface area contributed by atoms with Gasteiger partial charge in [0.1, 0.15) is 0 Å². The van der Waals surface area contributed by atoms with Gasteiger partial charge in [0.2, 0.25) is 0 Å². The van der Waals surface area contributed by atoms with E-state index in [1.54, 1.807) is 0 Å². The standard InChI is InChI=1S/C12H14N6/c1-2-7-18-12(14-15-16-18)8-17-9-13-10-5-3-4-6-11(10)17/h3-6,9H,2,7-8H2,1H3. The van der Waals surface area contributed by atoms with Crippen molar-refractivity contribution in [2.45, 2.75) is 26.4 Å². The third-order valence-electron chi connectivity index (χ3n) is 2.88. The van der Waals surface area contributed by atoms with Crippen LogP contribution in [0.5, 0.6) is 0 Å². The number of nitrogens with zero attached hydrogens (tertiary/aromatic N) is 6. The highest BCUT2D eigenvalue weighted by molar-refractivity contribution is 5.74. The Morgan fingerprint density at radius 3 is 3.00 bits per heavy atom. The van der Waals surface area contributed by atoms with Crippen molar-refractivity contribution in [2.24, 2.45) is 0 Å². The number of benzene rings is 1. The van der Waals surface area contributed by atoms with E-state index >= 15 is 0 Å². The van der Waals surface area contributed by atoms with E-state index in [0.717, 1.165) is 29.8 Å². The summed E-state index contributed by atoms with van der Waals surface area (Å²) in [5, 5.41) is 11.8. The highest BCUT2D eigenvalue weighted by Gasteiger charge is 2.08. The van der Waals surface area contributed by atoms with E-state index in [4.69, 9.17) is 0 Å². The van der Waals surface area contributed by atoms with Gasteiger partial charge in [-0.2, -0.15) is 0 Å². The maximum atomic E-state index is 4.36. The molecule has 0 aliphatic heterocycles. The molecule has 0 aliphatic carbocycles. The van der Waals surface area contributed by atoms with E-state index in [-0.39, 0.29) is 0 Å². The fourth-order valence-corrected chi connectivity index (χ4v) is 2.01.